The molecule has 2 amide bonds. The van der Waals surface area contributed by atoms with Crippen molar-refractivity contribution in [3.05, 3.63) is 30.5 Å². The molecule has 1 saturated heterocycles. The molecule has 5 heteroatoms. The van der Waals surface area contributed by atoms with E-state index in [1.807, 2.05) is 37.4 Å². The van der Waals surface area contributed by atoms with Crippen LogP contribution in [0.15, 0.2) is 30.5 Å². The van der Waals surface area contributed by atoms with E-state index in [4.69, 9.17) is 0 Å². The van der Waals surface area contributed by atoms with Crippen LogP contribution in [-0.4, -0.2) is 34.3 Å². The smallest absolute Gasteiger partial charge is 0.247 e. The van der Waals surface area contributed by atoms with Crippen molar-refractivity contribution < 1.29 is 9.59 Å². The number of aromatic amines is 1. The fourth-order valence-electron chi connectivity index (χ4n) is 3.06. The summed E-state index contributed by atoms with van der Waals surface area (Å²) < 4.78 is 0. The minimum atomic E-state index is -0.347. The molecule has 1 fully saturated rings. The molecular weight excluding hydrogens is 278 g/mol. The second kappa shape index (κ2) is 6.22. The molecule has 22 heavy (non-hydrogen) atoms. The summed E-state index contributed by atoms with van der Waals surface area (Å²) in [5.74, 6) is -0.0351. The molecule has 1 aliphatic rings. The molecule has 2 heterocycles. The van der Waals surface area contributed by atoms with E-state index in [0.29, 0.717) is 13.0 Å². The minimum absolute atomic E-state index is 0.0553. The molecule has 5 nitrogen and oxygen atoms in total. The van der Waals surface area contributed by atoms with E-state index in [9.17, 15) is 9.59 Å². The lowest BCUT2D eigenvalue weighted by Crippen LogP contribution is -2.49. The van der Waals surface area contributed by atoms with Crippen molar-refractivity contribution in [2.45, 2.75) is 38.6 Å². The van der Waals surface area contributed by atoms with Gasteiger partial charge >= 0.3 is 0 Å². The second-order valence-electron chi connectivity index (χ2n) is 5.72. The third-order valence-corrected chi connectivity index (χ3v) is 4.25. The molecule has 0 spiro atoms. The molecule has 0 bridgehead atoms. The van der Waals surface area contributed by atoms with Gasteiger partial charge in [-0.25, -0.2) is 0 Å². The molecule has 0 radical (unpaired) electrons. The first-order valence-electron chi connectivity index (χ1n) is 7.86. The van der Waals surface area contributed by atoms with Gasteiger partial charge in [0.15, 0.2) is 0 Å². The van der Waals surface area contributed by atoms with Crippen LogP contribution in [0.2, 0.25) is 0 Å². The van der Waals surface area contributed by atoms with E-state index in [2.05, 4.69) is 10.3 Å². The topological polar surface area (TPSA) is 65.2 Å². The van der Waals surface area contributed by atoms with Crippen LogP contribution >= 0.6 is 0 Å². The number of carbonyl (C=O) groups excluding carboxylic acids is 2. The van der Waals surface area contributed by atoms with Crippen LogP contribution < -0.4 is 5.32 Å². The molecular formula is C17H21N3O2. The minimum Gasteiger partial charge on any atom is -0.361 e. The van der Waals surface area contributed by atoms with Gasteiger partial charge in [-0.15, -0.1) is 0 Å². The Balaban J connectivity index is 1.75. The predicted octanol–water partition coefficient (Wildman–Crippen LogP) is 2.90. The number of hydrogen-bond acceptors (Lipinski definition) is 2. The Morgan fingerprint density at radius 2 is 2.18 bits per heavy atom. The molecule has 116 valence electrons. The van der Waals surface area contributed by atoms with Gasteiger partial charge in [-0.3, -0.25) is 9.59 Å². The van der Waals surface area contributed by atoms with E-state index in [-0.39, 0.29) is 17.9 Å². The van der Waals surface area contributed by atoms with Gasteiger partial charge in [0, 0.05) is 30.4 Å². The van der Waals surface area contributed by atoms with Crippen LogP contribution in [0.5, 0.6) is 0 Å². The molecule has 1 aliphatic heterocycles. The van der Waals surface area contributed by atoms with Crippen molar-refractivity contribution in [3.8, 4) is 0 Å². The predicted molar refractivity (Wildman–Crippen MR) is 86.6 cm³/mol. The summed E-state index contributed by atoms with van der Waals surface area (Å²) in [4.78, 5) is 29.4. The van der Waals surface area contributed by atoms with Crippen LogP contribution in [0.1, 0.15) is 32.6 Å². The lowest BCUT2D eigenvalue weighted by Gasteiger charge is -2.34. The summed E-state index contributed by atoms with van der Waals surface area (Å²) in [6.45, 7) is 2.52. The first-order chi connectivity index (χ1) is 10.7. The molecule has 0 saturated carbocycles. The van der Waals surface area contributed by atoms with Crippen LogP contribution in [0.25, 0.3) is 10.9 Å². The number of likely N-dealkylation sites (tertiary alicyclic amines) is 1. The number of nitrogens with one attached hydrogen (secondary N) is 2. The Morgan fingerprint density at radius 3 is 3.00 bits per heavy atom. The zero-order valence-electron chi connectivity index (χ0n) is 12.8. The maximum absolute atomic E-state index is 12.6. The highest BCUT2D eigenvalue weighted by Crippen LogP contribution is 2.22. The van der Waals surface area contributed by atoms with Gasteiger partial charge in [0.1, 0.15) is 6.04 Å². The largest absolute Gasteiger partial charge is 0.361 e. The van der Waals surface area contributed by atoms with Crippen molar-refractivity contribution >= 4 is 28.4 Å². The highest BCUT2D eigenvalue weighted by Gasteiger charge is 2.31. The van der Waals surface area contributed by atoms with Crippen molar-refractivity contribution in [1.29, 1.82) is 0 Å². The summed E-state index contributed by atoms with van der Waals surface area (Å²) >= 11 is 0. The number of nitrogens with zero attached hydrogens (tertiary/aromatic N) is 1. The molecule has 1 unspecified atom stereocenters. The zero-order valence-corrected chi connectivity index (χ0v) is 12.8. The number of piperidine rings is 1. The molecule has 3 rings (SSSR count). The molecule has 2 aromatic rings. The number of H-pyrrole nitrogens is 1. The van der Waals surface area contributed by atoms with Crippen molar-refractivity contribution in [2.75, 3.05) is 11.9 Å². The van der Waals surface area contributed by atoms with E-state index in [0.717, 1.165) is 35.9 Å². The first-order valence-corrected chi connectivity index (χ1v) is 7.86. The highest BCUT2D eigenvalue weighted by molar-refractivity contribution is 5.98. The summed E-state index contributed by atoms with van der Waals surface area (Å²) in [6.07, 6.45) is 5.02. The first kappa shape index (κ1) is 14.6. The van der Waals surface area contributed by atoms with Gasteiger partial charge in [0.25, 0.3) is 0 Å². The lowest BCUT2D eigenvalue weighted by atomic mass is 10.0. The van der Waals surface area contributed by atoms with Gasteiger partial charge in [-0.2, -0.15) is 0 Å². The standard InChI is InChI=1S/C17H21N3O2/c1-2-16(21)20-10-4-3-5-15(20)17(22)19-13-7-6-12-8-9-18-14(12)11-13/h6-9,11,15,18H,2-5,10H2,1H3,(H,19,22). The number of carbonyl (C=O) groups is 2. The fraction of sp³-hybridized carbons (Fsp3) is 0.412. The van der Waals surface area contributed by atoms with Gasteiger partial charge in [-0.05, 0) is 42.8 Å². The summed E-state index contributed by atoms with van der Waals surface area (Å²) in [5, 5.41) is 4.06. The van der Waals surface area contributed by atoms with Gasteiger partial charge in [0.2, 0.25) is 11.8 Å². The summed E-state index contributed by atoms with van der Waals surface area (Å²) in [6, 6.07) is 7.42. The second-order valence-corrected chi connectivity index (χ2v) is 5.72. The molecule has 0 aliphatic carbocycles. The van der Waals surface area contributed by atoms with E-state index in [1.165, 1.54) is 0 Å². The Kier molecular flexibility index (Phi) is 4.13. The number of hydrogen-bond donors (Lipinski definition) is 2. The van der Waals surface area contributed by atoms with Crippen LogP contribution in [0.4, 0.5) is 5.69 Å². The Hall–Kier alpha value is -2.30. The number of amides is 2. The number of aromatic nitrogens is 1. The van der Waals surface area contributed by atoms with Crippen LogP contribution in [0.3, 0.4) is 0 Å². The quantitative estimate of drug-likeness (QED) is 0.915. The lowest BCUT2D eigenvalue weighted by molar-refractivity contribution is -0.140. The average Bonchev–Trinajstić information content (AvgIpc) is 3.01. The van der Waals surface area contributed by atoms with Crippen molar-refractivity contribution in [1.82, 2.24) is 9.88 Å². The molecule has 2 N–H and O–H groups in total. The van der Waals surface area contributed by atoms with Gasteiger partial charge in [0.05, 0.1) is 0 Å². The Labute approximate surface area is 129 Å². The number of benzene rings is 1. The van der Waals surface area contributed by atoms with Gasteiger partial charge in [-0.1, -0.05) is 13.0 Å². The normalized spacial score (nSPS) is 18.4. The fourth-order valence-corrected chi connectivity index (χ4v) is 3.06. The molecule has 1 aromatic heterocycles. The number of rotatable bonds is 3. The summed E-state index contributed by atoms with van der Waals surface area (Å²) in [7, 11) is 0. The van der Waals surface area contributed by atoms with E-state index >= 15 is 0 Å². The van der Waals surface area contributed by atoms with E-state index in [1.54, 1.807) is 4.90 Å². The molecule has 1 atom stereocenters. The maximum atomic E-state index is 12.6. The Morgan fingerprint density at radius 1 is 1.32 bits per heavy atom. The van der Waals surface area contributed by atoms with Gasteiger partial charge < -0.3 is 15.2 Å². The van der Waals surface area contributed by atoms with E-state index < -0.39 is 0 Å². The third-order valence-electron chi connectivity index (χ3n) is 4.25. The van der Waals surface area contributed by atoms with Crippen molar-refractivity contribution in [2.24, 2.45) is 0 Å². The number of anilines is 1. The average molecular weight is 299 g/mol. The zero-order chi connectivity index (χ0) is 15.5. The maximum Gasteiger partial charge on any atom is 0.247 e. The number of fused-ring (bicyclic) bond motifs is 1. The highest BCUT2D eigenvalue weighted by atomic mass is 16.2. The third kappa shape index (κ3) is 2.84. The van der Waals surface area contributed by atoms with Crippen LogP contribution in [0, 0.1) is 0 Å². The molecule has 1 aromatic carbocycles. The monoisotopic (exact) mass is 299 g/mol. The Bertz CT molecular complexity index is 692. The SMILES string of the molecule is CCC(=O)N1CCCCC1C(=O)Nc1ccc2cc[nH]c2c1. The van der Waals surface area contributed by atoms with Crippen molar-refractivity contribution in [3.63, 3.8) is 0 Å². The van der Waals surface area contributed by atoms with Crippen LogP contribution in [-0.2, 0) is 9.59 Å². The summed E-state index contributed by atoms with van der Waals surface area (Å²) in [5.41, 5.74) is 1.75.